The number of nitrogens with one attached hydrogen (secondary N) is 1. The van der Waals surface area contributed by atoms with Gasteiger partial charge in [0.15, 0.2) is 5.75 Å². The van der Waals surface area contributed by atoms with Gasteiger partial charge in [0.25, 0.3) is 0 Å². The fourth-order valence-electron chi connectivity index (χ4n) is 1.14. The number of halogens is 2. The van der Waals surface area contributed by atoms with Gasteiger partial charge in [-0.25, -0.2) is 0 Å². The topological polar surface area (TPSA) is 58.6 Å². The molecule has 0 aromatic heterocycles. The second-order valence-corrected chi connectivity index (χ2v) is 4.23. The first kappa shape index (κ1) is 14.1. The van der Waals surface area contributed by atoms with Crippen molar-refractivity contribution in [1.82, 2.24) is 5.32 Å². The van der Waals surface area contributed by atoms with Crippen LogP contribution in [-0.2, 0) is 4.79 Å². The van der Waals surface area contributed by atoms with Crippen molar-refractivity contribution < 1.29 is 14.6 Å². The quantitative estimate of drug-likeness (QED) is 0.785. The predicted octanol–water partition coefficient (Wildman–Crippen LogP) is 2.43. The van der Waals surface area contributed by atoms with E-state index in [0.717, 1.165) is 0 Å². The first-order valence-electron chi connectivity index (χ1n) is 5.05. The van der Waals surface area contributed by atoms with Crippen molar-refractivity contribution in [1.29, 1.82) is 0 Å². The lowest BCUT2D eigenvalue weighted by atomic mass is 10.3. The van der Waals surface area contributed by atoms with Gasteiger partial charge in [-0.1, -0.05) is 29.3 Å². The van der Waals surface area contributed by atoms with Crippen LogP contribution in [-0.4, -0.2) is 30.3 Å². The molecule has 1 aromatic carbocycles. The van der Waals surface area contributed by atoms with Crippen LogP contribution in [0.4, 0.5) is 0 Å². The Hall–Kier alpha value is -0.970. The van der Waals surface area contributed by atoms with Crippen LogP contribution in [0.25, 0.3) is 0 Å². The molecule has 17 heavy (non-hydrogen) atoms. The van der Waals surface area contributed by atoms with Crippen molar-refractivity contribution in [3.8, 4) is 5.75 Å². The Morgan fingerprint density at radius 2 is 2.06 bits per heavy atom. The molecule has 1 rings (SSSR count). The molecule has 94 valence electrons. The maximum absolute atomic E-state index is 10.5. The van der Waals surface area contributed by atoms with Gasteiger partial charge in [-0.3, -0.25) is 4.79 Å². The van der Waals surface area contributed by atoms with E-state index in [9.17, 15) is 4.79 Å². The molecule has 2 N–H and O–H groups in total. The van der Waals surface area contributed by atoms with Crippen LogP contribution in [0.2, 0.25) is 10.0 Å². The molecule has 0 fully saturated rings. The molecule has 0 radical (unpaired) electrons. The number of aliphatic carboxylic acids is 1. The fraction of sp³-hybridized carbons (Fsp3) is 0.364. The number of hydrogen-bond donors (Lipinski definition) is 2. The lowest BCUT2D eigenvalue weighted by Gasteiger charge is -2.12. The van der Waals surface area contributed by atoms with Crippen LogP contribution in [0.5, 0.6) is 5.75 Å². The van der Waals surface area contributed by atoms with E-state index < -0.39 is 12.0 Å². The molecule has 6 heteroatoms. The zero-order valence-corrected chi connectivity index (χ0v) is 10.8. The summed E-state index contributed by atoms with van der Waals surface area (Å²) in [5.41, 5.74) is 0. The molecule has 0 amide bonds. The number of rotatable bonds is 6. The summed E-state index contributed by atoms with van der Waals surface area (Å²) in [6.45, 7) is 2.25. The molecular formula is C11H13Cl2NO3. The standard InChI is InChI=1S/C11H13Cl2NO3/c1-7(11(15)16)14-5-6-17-10-8(12)3-2-4-9(10)13/h2-4,7,14H,5-6H2,1H3,(H,15,16)/t7-/m0/s1. The van der Waals surface area contributed by atoms with Gasteiger partial charge in [0, 0.05) is 6.54 Å². The summed E-state index contributed by atoms with van der Waals surface area (Å²) in [6, 6.07) is 4.47. The van der Waals surface area contributed by atoms with Gasteiger partial charge in [0.05, 0.1) is 10.0 Å². The monoisotopic (exact) mass is 277 g/mol. The SMILES string of the molecule is C[C@H](NCCOc1c(Cl)cccc1Cl)C(=O)O. The summed E-state index contributed by atoms with van der Waals surface area (Å²) in [5, 5.41) is 12.3. The van der Waals surface area contributed by atoms with Crippen molar-refractivity contribution in [3.05, 3.63) is 28.2 Å². The summed E-state index contributed by atoms with van der Waals surface area (Å²) in [4.78, 5) is 10.5. The summed E-state index contributed by atoms with van der Waals surface area (Å²) in [5.74, 6) is -0.485. The number of hydrogen-bond acceptors (Lipinski definition) is 3. The summed E-state index contributed by atoms with van der Waals surface area (Å²) < 4.78 is 5.38. The van der Waals surface area contributed by atoms with Crippen LogP contribution < -0.4 is 10.1 Å². The second kappa shape index (κ2) is 6.69. The minimum absolute atomic E-state index is 0.293. The number of ether oxygens (including phenoxy) is 1. The summed E-state index contributed by atoms with van der Waals surface area (Å²) in [6.07, 6.45) is 0. The minimum atomic E-state index is -0.902. The highest BCUT2D eigenvalue weighted by Gasteiger charge is 2.10. The smallest absolute Gasteiger partial charge is 0.320 e. The normalized spacial score (nSPS) is 12.2. The zero-order valence-electron chi connectivity index (χ0n) is 9.24. The highest BCUT2D eigenvalue weighted by Crippen LogP contribution is 2.32. The highest BCUT2D eigenvalue weighted by atomic mass is 35.5. The van der Waals surface area contributed by atoms with E-state index in [1.807, 2.05) is 0 Å². The zero-order chi connectivity index (χ0) is 12.8. The van der Waals surface area contributed by atoms with Gasteiger partial charge in [0.2, 0.25) is 0 Å². The molecule has 4 nitrogen and oxygen atoms in total. The van der Waals surface area contributed by atoms with Gasteiger partial charge < -0.3 is 15.2 Å². The van der Waals surface area contributed by atoms with Crippen LogP contribution in [0.15, 0.2) is 18.2 Å². The average Bonchev–Trinajstić information content (AvgIpc) is 2.27. The van der Waals surface area contributed by atoms with Crippen LogP contribution in [0.1, 0.15) is 6.92 Å². The number of benzene rings is 1. The van der Waals surface area contributed by atoms with Gasteiger partial charge in [-0.05, 0) is 19.1 Å². The van der Waals surface area contributed by atoms with E-state index >= 15 is 0 Å². The Morgan fingerprint density at radius 3 is 2.59 bits per heavy atom. The fourth-order valence-corrected chi connectivity index (χ4v) is 1.64. The minimum Gasteiger partial charge on any atom is -0.489 e. The van der Waals surface area contributed by atoms with Crippen molar-refractivity contribution >= 4 is 29.2 Å². The Morgan fingerprint density at radius 1 is 1.47 bits per heavy atom. The largest absolute Gasteiger partial charge is 0.489 e. The molecule has 1 atom stereocenters. The number of carboxylic acid groups (broad SMARTS) is 1. The van der Waals surface area contributed by atoms with Gasteiger partial charge in [-0.15, -0.1) is 0 Å². The Kier molecular flexibility index (Phi) is 5.55. The number of carbonyl (C=O) groups is 1. The number of carboxylic acids is 1. The maximum atomic E-state index is 10.5. The highest BCUT2D eigenvalue weighted by molar-refractivity contribution is 6.37. The molecule has 0 aliphatic carbocycles. The Bertz CT molecular complexity index is 378. The number of para-hydroxylation sites is 1. The molecule has 0 saturated heterocycles. The van der Waals surface area contributed by atoms with E-state index in [-0.39, 0.29) is 0 Å². The van der Waals surface area contributed by atoms with Crippen LogP contribution in [0.3, 0.4) is 0 Å². The van der Waals surface area contributed by atoms with Gasteiger partial charge in [0.1, 0.15) is 12.6 Å². The molecule has 1 aromatic rings. The third-order valence-electron chi connectivity index (χ3n) is 2.09. The predicted molar refractivity (Wildman–Crippen MR) is 67.1 cm³/mol. The first-order chi connectivity index (χ1) is 8.02. The molecule has 0 unspecified atom stereocenters. The van der Waals surface area contributed by atoms with Crippen molar-refractivity contribution in [2.45, 2.75) is 13.0 Å². The molecule has 0 spiro atoms. The molecule has 0 aliphatic heterocycles. The Balaban J connectivity index is 2.39. The van der Waals surface area contributed by atoms with E-state index in [1.54, 1.807) is 25.1 Å². The average molecular weight is 278 g/mol. The third-order valence-corrected chi connectivity index (χ3v) is 2.68. The van der Waals surface area contributed by atoms with E-state index in [1.165, 1.54) is 0 Å². The van der Waals surface area contributed by atoms with E-state index in [2.05, 4.69) is 5.32 Å². The van der Waals surface area contributed by atoms with Crippen molar-refractivity contribution in [2.24, 2.45) is 0 Å². The van der Waals surface area contributed by atoms with Gasteiger partial charge >= 0.3 is 5.97 Å². The van der Waals surface area contributed by atoms with Crippen molar-refractivity contribution in [2.75, 3.05) is 13.2 Å². The summed E-state index contributed by atoms with van der Waals surface area (Å²) >= 11 is 11.8. The third kappa shape index (κ3) is 4.42. The lowest BCUT2D eigenvalue weighted by Crippen LogP contribution is -2.36. The van der Waals surface area contributed by atoms with E-state index in [0.29, 0.717) is 28.9 Å². The molecule has 0 aliphatic rings. The first-order valence-corrected chi connectivity index (χ1v) is 5.81. The van der Waals surface area contributed by atoms with Gasteiger partial charge in [-0.2, -0.15) is 0 Å². The molecule has 0 bridgehead atoms. The maximum Gasteiger partial charge on any atom is 0.320 e. The summed E-state index contributed by atoms with van der Waals surface area (Å²) in [7, 11) is 0. The van der Waals surface area contributed by atoms with Crippen LogP contribution >= 0.6 is 23.2 Å². The second-order valence-electron chi connectivity index (χ2n) is 3.41. The molecule has 0 saturated carbocycles. The Labute approximate surface area is 109 Å². The lowest BCUT2D eigenvalue weighted by molar-refractivity contribution is -0.139. The van der Waals surface area contributed by atoms with E-state index in [4.69, 9.17) is 33.0 Å². The van der Waals surface area contributed by atoms with Crippen molar-refractivity contribution in [3.63, 3.8) is 0 Å². The van der Waals surface area contributed by atoms with Crippen LogP contribution in [0, 0.1) is 0 Å². The molecular weight excluding hydrogens is 265 g/mol. The molecule has 0 heterocycles.